The average Bonchev–Trinajstić information content (AvgIpc) is 3.04. The molecule has 1 amide bonds. The number of nitrogens with one attached hydrogen (secondary N) is 1. The summed E-state index contributed by atoms with van der Waals surface area (Å²) in [6.07, 6.45) is 1.77. The molecule has 1 aromatic rings. The van der Waals surface area contributed by atoms with Crippen LogP contribution in [0.5, 0.6) is 0 Å². The molecule has 3 nitrogen and oxygen atoms in total. The van der Waals surface area contributed by atoms with E-state index in [0.29, 0.717) is 6.54 Å². The lowest BCUT2D eigenvalue weighted by atomic mass is 10.1. The Hall–Kier alpha value is -0.390. The summed E-state index contributed by atoms with van der Waals surface area (Å²) in [6.45, 7) is 0.418. The summed E-state index contributed by atoms with van der Waals surface area (Å²) in [5, 5.41) is 2.92. The van der Waals surface area contributed by atoms with Crippen molar-refractivity contribution < 1.29 is 4.79 Å². The van der Waals surface area contributed by atoms with Gasteiger partial charge in [0.2, 0.25) is 5.91 Å². The maximum atomic E-state index is 12.0. The van der Waals surface area contributed by atoms with Crippen molar-refractivity contribution in [2.24, 2.45) is 11.1 Å². The van der Waals surface area contributed by atoms with Crippen LogP contribution in [0.3, 0.4) is 0 Å². The van der Waals surface area contributed by atoms with Gasteiger partial charge in [-0.05, 0) is 56.8 Å². The van der Waals surface area contributed by atoms with Gasteiger partial charge in [0.1, 0.15) is 0 Å². The first-order chi connectivity index (χ1) is 7.59. The highest BCUT2D eigenvalue weighted by Crippen LogP contribution is 2.46. The lowest BCUT2D eigenvalue weighted by Crippen LogP contribution is -2.31. The van der Waals surface area contributed by atoms with Crippen molar-refractivity contribution >= 4 is 43.5 Å². The van der Waals surface area contributed by atoms with Gasteiger partial charge < -0.3 is 11.1 Å². The molecule has 5 heteroatoms. The number of anilines is 1. The molecule has 0 atom stereocenters. The van der Waals surface area contributed by atoms with E-state index in [1.807, 2.05) is 18.2 Å². The van der Waals surface area contributed by atoms with Crippen molar-refractivity contribution in [1.82, 2.24) is 0 Å². The van der Waals surface area contributed by atoms with Gasteiger partial charge in [0.15, 0.2) is 0 Å². The number of hydrogen-bond donors (Lipinski definition) is 2. The molecule has 0 radical (unpaired) electrons. The lowest BCUT2D eigenvalue weighted by Gasteiger charge is -2.14. The van der Waals surface area contributed by atoms with E-state index in [4.69, 9.17) is 5.73 Å². The van der Waals surface area contributed by atoms with Crippen molar-refractivity contribution in [1.29, 1.82) is 0 Å². The zero-order valence-electron chi connectivity index (χ0n) is 8.59. The first-order valence-electron chi connectivity index (χ1n) is 5.05. The Morgan fingerprint density at radius 1 is 1.38 bits per heavy atom. The number of para-hydroxylation sites is 1. The van der Waals surface area contributed by atoms with Gasteiger partial charge >= 0.3 is 0 Å². The molecule has 16 heavy (non-hydrogen) atoms. The molecule has 0 aromatic heterocycles. The van der Waals surface area contributed by atoms with Crippen molar-refractivity contribution in [3.05, 3.63) is 27.1 Å². The van der Waals surface area contributed by atoms with Crippen LogP contribution in [0.2, 0.25) is 0 Å². The first kappa shape index (κ1) is 12.1. The minimum absolute atomic E-state index is 0.0163. The largest absolute Gasteiger partial charge is 0.329 e. The Morgan fingerprint density at radius 2 is 1.94 bits per heavy atom. The topological polar surface area (TPSA) is 55.1 Å². The predicted molar refractivity (Wildman–Crippen MR) is 71.2 cm³/mol. The molecule has 1 aliphatic rings. The lowest BCUT2D eigenvalue weighted by molar-refractivity contribution is -0.120. The van der Waals surface area contributed by atoms with Crippen molar-refractivity contribution in [2.75, 3.05) is 11.9 Å². The third-order valence-electron chi connectivity index (χ3n) is 2.93. The summed E-state index contributed by atoms with van der Waals surface area (Å²) in [6, 6.07) is 5.68. The minimum atomic E-state index is -0.325. The molecule has 1 aromatic carbocycles. The minimum Gasteiger partial charge on any atom is -0.329 e. The van der Waals surface area contributed by atoms with Crippen LogP contribution in [0.15, 0.2) is 27.1 Å². The third-order valence-corrected chi connectivity index (χ3v) is 4.25. The summed E-state index contributed by atoms with van der Waals surface area (Å²) in [5.74, 6) is 0.0163. The summed E-state index contributed by atoms with van der Waals surface area (Å²) in [7, 11) is 0. The van der Waals surface area contributed by atoms with Crippen LogP contribution in [0.25, 0.3) is 0 Å². The molecule has 0 saturated heterocycles. The van der Waals surface area contributed by atoms with E-state index in [-0.39, 0.29) is 11.3 Å². The van der Waals surface area contributed by atoms with Crippen molar-refractivity contribution in [3.63, 3.8) is 0 Å². The Morgan fingerprint density at radius 3 is 2.38 bits per heavy atom. The fourth-order valence-corrected chi connectivity index (χ4v) is 2.73. The van der Waals surface area contributed by atoms with Gasteiger partial charge in [-0.1, -0.05) is 6.07 Å². The van der Waals surface area contributed by atoms with Crippen LogP contribution in [-0.2, 0) is 4.79 Å². The van der Waals surface area contributed by atoms with Crippen molar-refractivity contribution in [2.45, 2.75) is 12.8 Å². The van der Waals surface area contributed by atoms with Crippen LogP contribution >= 0.6 is 31.9 Å². The Kier molecular flexibility index (Phi) is 3.37. The number of nitrogens with two attached hydrogens (primary N) is 1. The molecular weight excluding hydrogens is 336 g/mol. The molecule has 0 bridgehead atoms. The maximum absolute atomic E-state index is 12.0. The second kappa shape index (κ2) is 4.47. The summed E-state index contributed by atoms with van der Waals surface area (Å²) < 4.78 is 1.73. The number of hydrogen-bond acceptors (Lipinski definition) is 2. The number of amides is 1. The highest BCUT2D eigenvalue weighted by atomic mass is 79.9. The summed E-state index contributed by atoms with van der Waals surface area (Å²) >= 11 is 6.82. The normalized spacial score (nSPS) is 16.9. The fraction of sp³-hybridized carbons (Fsp3) is 0.364. The number of benzene rings is 1. The molecule has 0 spiro atoms. The molecule has 1 saturated carbocycles. The highest BCUT2D eigenvalue weighted by molar-refractivity contribution is 9.11. The van der Waals surface area contributed by atoms with Crippen LogP contribution in [0, 0.1) is 5.41 Å². The van der Waals surface area contributed by atoms with Gasteiger partial charge in [0, 0.05) is 15.5 Å². The SMILES string of the molecule is NCC1(C(=O)Nc2c(Br)cccc2Br)CC1. The quantitative estimate of drug-likeness (QED) is 0.883. The molecule has 0 unspecified atom stereocenters. The average molecular weight is 348 g/mol. The van der Waals surface area contributed by atoms with Gasteiger partial charge in [-0.3, -0.25) is 4.79 Å². The van der Waals surface area contributed by atoms with E-state index in [2.05, 4.69) is 37.2 Å². The highest BCUT2D eigenvalue weighted by Gasteiger charge is 2.48. The van der Waals surface area contributed by atoms with Gasteiger partial charge in [0.05, 0.1) is 11.1 Å². The Balaban J connectivity index is 2.18. The van der Waals surface area contributed by atoms with E-state index in [0.717, 1.165) is 27.5 Å². The zero-order valence-corrected chi connectivity index (χ0v) is 11.8. The number of rotatable bonds is 3. The number of halogens is 2. The van der Waals surface area contributed by atoms with Gasteiger partial charge in [-0.25, -0.2) is 0 Å². The molecular formula is C11H12Br2N2O. The Labute approximate surface area is 111 Å². The molecule has 3 N–H and O–H groups in total. The predicted octanol–water partition coefficient (Wildman–Crippen LogP) is 2.89. The van der Waals surface area contributed by atoms with Gasteiger partial charge in [0.25, 0.3) is 0 Å². The van der Waals surface area contributed by atoms with E-state index in [9.17, 15) is 4.79 Å². The summed E-state index contributed by atoms with van der Waals surface area (Å²) in [4.78, 5) is 12.0. The van der Waals surface area contributed by atoms with Crippen LogP contribution in [-0.4, -0.2) is 12.5 Å². The van der Waals surface area contributed by atoms with Gasteiger partial charge in [-0.15, -0.1) is 0 Å². The van der Waals surface area contributed by atoms with Crippen molar-refractivity contribution in [3.8, 4) is 0 Å². The monoisotopic (exact) mass is 346 g/mol. The van der Waals surface area contributed by atoms with E-state index < -0.39 is 0 Å². The fourth-order valence-electron chi connectivity index (χ4n) is 1.54. The van der Waals surface area contributed by atoms with Crippen LogP contribution in [0.1, 0.15) is 12.8 Å². The van der Waals surface area contributed by atoms with Gasteiger partial charge in [-0.2, -0.15) is 0 Å². The smallest absolute Gasteiger partial charge is 0.231 e. The van der Waals surface area contributed by atoms with E-state index >= 15 is 0 Å². The van der Waals surface area contributed by atoms with E-state index in [1.165, 1.54) is 0 Å². The zero-order chi connectivity index (χ0) is 11.8. The second-order valence-electron chi connectivity index (χ2n) is 4.04. The Bertz CT molecular complexity index is 410. The standard InChI is InChI=1S/C11H12Br2N2O/c12-7-2-1-3-8(13)9(7)15-10(16)11(6-14)4-5-11/h1-3H,4-6,14H2,(H,15,16). The first-order valence-corrected chi connectivity index (χ1v) is 6.63. The summed E-state index contributed by atoms with van der Waals surface area (Å²) in [5.41, 5.74) is 6.06. The molecule has 1 fully saturated rings. The molecule has 0 aliphatic heterocycles. The molecule has 1 aliphatic carbocycles. The molecule has 2 rings (SSSR count). The second-order valence-corrected chi connectivity index (χ2v) is 5.74. The number of carbonyl (C=O) groups is 1. The van der Waals surface area contributed by atoms with Crippen LogP contribution < -0.4 is 11.1 Å². The van der Waals surface area contributed by atoms with E-state index in [1.54, 1.807) is 0 Å². The maximum Gasteiger partial charge on any atom is 0.231 e. The molecule has 86 valence electrons. The van der Waals surface area contributed by atoms with Crippen LogP contribution in [0.4, 0.5) is 5.69 Å². The molecule has 0 heterocycles. The third kappa shape index (κ3) is 2.17. The number of carbonyl (C=O) groups excluding carboxylic acids is 1.